The number of rotatable bonds is 9. The normalized spacial score (nSPS) is 12.8. The van der Waals surface area contributed by atoms with Crippen molar-refractivity contribution in [2.45, 2.75) is 45.1 Å². The summed E-state index contributed by atoms with van der Waals surface area (Å²) in [5.74, 6) is 1.07. The zero-order valence-corrected chi connectivity index (χ0v) is 17.5. The first-order valence-electron chi connectivity index (χ1n) is 9.32. The Morgan fingerprint density at radius 1 is 1.15 bits per heavy atom. The van der Waals surface area contributed by atoms with Gasteiger partial charge in [-0.15, -0.1) is 0 Å². The second-order valence-electron chi connectivity index (χ2n) is 7.45. The Balaban J connectivity index is 2.29. The minimum Gasteiger partial charge on any atom is -0.497 e. The quantitative estimate of drug-likeness (QED) is 0.368. The van der Waals surface area contributed by atoms with Gasteiger partial charge in [0.2, 0.25) is 0 Å². The summed E-state index contributed by atoms with van der Waals surface area (Å²) in [4.78, 5) is 13.3. The highest BCUT2D eigenvalue weighted by Crippen LogP contribution is 2.32. The minimum atomic E-state index is -0.412. The molecule has 0 aliphatic heterocycles. The summed E-state index contributed by atoms with van der Waals surface area (Å²) in [5.41, 5.74) is 1.83. The van der Waals surface area contributed by atoms with Crippen LogP contribution in [0.25, 0.3) is 10.8 Å². The van der Waals surface area contributed by atoms with E-state index in [4.69, 9.17) is 4.74 Å². The molecule has 0 fully saturated rings. The molecule has 2 rings (SSSR count). The van der Waals surface area contributed by atoms with E-state index in [2.05, 4.69) is 36.4 Å². The molecular weight excluding hydrogens is 360 g/mol. The van der Waals surface area contributed by atoms with Gasteiger partial charge >= 0.3 is 0 Å². The van der Waals surface area contributed by atoms with Crippen molar-refractivity contribution in [2.75, 3.05) is 13.7 Å². The number of carbonyl (C=O) groups is 1. The molecule has 0 saturated heterocycles. The topological polar surface area (TPSA) is 61.8 Å². The Bertz CT molecular complexity index is 764. The largest absolute Gasteiger partial charge is 0.497 e. The molecule has 0 aromatic heterocycles. The lowest BCUT2D eigenvalue weighted by atomic mass is 10.0. The molecule has 2 N–H and O–H groups in total. The summed E-state index contributed by atoms with van der Waals surface area (Å²) >= 11 is 1.57. The fraction of sp³-hybridized carbons (Fsp3) is 0.476. The van der Waals surface area contributed by atoms with Crippen LogP contribution < -0.4 is 10.2 Å². The van der Waals surface area contributed by atoms with Crippen LogP contribution in [0, 0.1) is 11.8 Å². The molecule has 0 spiro atoms. The van der Waals surface area contributed by atoms with Gasteiger partial charge in [-0.3, -0.25) is 10.0 Å². The van der Waals surface area contributed by atoms with Crippen LogP contribution in [-0.4, -0.2) is 35.1 Å². The Labute approximate surface area is 166 Å². The molecule has 0 unspecified atom stereocenters. The summed E-state index contributed by atoms with van der Waals surface area (Å²) in [7, 11) is 1.66. The molecule has 0 aliphatic carbocycles. The zero-order valence-electron chi connectivity index (χ0n) is 16.7. The first-order valence-corrected chi connectivity index (χ1v) is 10.1. The monoisotopic (exact) mass is 390 g/mol. The molecule has 5 nitrogen and oxygen atoms in total. The van der Waals surface area contributed by atoms with Gasteiger partial charge in [-0.05, 0) is 65.2 Å². The lowest BCUT2D eigenvalue weighted by Gasteiger charge is -2.32. The highest BCUT2D eigenvalue weighted by molar-refractivity contribution is 7.97. The minimum absolute atomic E-state index is 0.0709. The maximum Gasteiger partial charge on any atom is 0.261 e. The predicted molar refractivity (Wildman–Crippen MR) is 111 cm³/mol. The number of nitrogens with zero attached hydrogens (tertiary/aromatic N) is 1. The zero-order chi connectivity index (χ0) is 20.0. The molecule has 0 bridgehead atoms. The Hall–Kier alpha value is -1.76. The fourth-order valence-electron chi connectivity index (χ4n) is 2.98. The van der Waals surface area contributed by atoms with Crippen LogP contribution in [0.2, 0.25) is 0 Å². The highest BCUT2D eigenvalue weighted by Gasteiger charge is 2.29. The molecule has 2 aromatic carbocycles. The lowest BCUT2D eigenvalue weighted by molar-refractivity contribution is -0.134. The van der Waals surface area contributed by atoms with Crippen LogP contribution in [0.4, 0.5) is 0 Å². The van der Waals surface area contributed by atoms with Gasteiger partial charge in [-0.2, -0.15) is 0 Å². The van der Waals surface area contributed by atoms with Crippen LogP contribution in [0.1, 0.15) is 34.1 Å². The molecule has 1 amide bonds. The van der Waals surface area contributed by atoms with Gasteiger partial charge in [0, 0.05) is 11.4 Å². The van der Waals surface area contributed by atoms with Crippen molar-refractivity contribution in [2.24, 2.45) is 11.8 Å². The summed E-state index contributed by atoms with van der Waals surface area (Å²) in [5, 5.41) is 11.4. The van der Waals surface area contributed by atoms with Crippen molar-refractivity contribution >= 4 is 28.6 Å². The van der Waals surface area contributed by atoms with Crippen LogP contribution in [0.5, 0.6) is 5.75 Å². The molecule has 0 radical (unpaired) electrons. The molecule has 1 atom stereocenters. The molecule has 27 heavy (non-hydrogen) atoms. The molecule has 6 heteroatoms. The van der Waals surface area contributed by atoms with Crippen LogP contribution in [0.15, 0.2) is 41.3 Å². The van der Waals surface area contributed by atoms with Gasteiger partial charge in [-0.1, -0.05) is 39.8 Å². The summed E-state index contributed by atoms with van der Waals surface area (Å²) in [6.07, 6.45) is 0.972. The number of fused-ring (bicyclic) bond motifs is 1. The number of hydrogen-bond donors (Lipinski definition) is 2. The molecule has 148 valence electrons. The molecule has 0 saturated carbocycles. The van der Waals surface area contributed by atoms with Gasteiger partial charge in [0.25, 0.3) is 5.91 Å². The number of hydroxylamine groups is 1. The standard InChI is InChI=1S/C21H30N2O3S/c1-14(2)10-11-23(20(15(3)4)21(24)22-25)27-19-9-7-16-12-18(26-5)8-6-17(16)13-19/h6-9,12-15,20,25H,10-11H2,1-5H3,(H,22,24)/t20-/m1/s1. The third-order valence-electron chi connectivity index (χ3n) is 4.49. The van der Waals surface area contributed by atoms with Crippen molar-refractivity contribution in [3.63, 3.8) is 0 Å². The van der Waals surface area contributed by atoms with Crippen molar-refractivity contribution in [3.8, 4) is 5.75 Å². The van der Waals surface area contributed by atoms with Crippen LogP contribution in [0.3, 0.4) is 0 Å². The van der Waals surface area contributed by atoms with Crippen molar-refractivity contribution in [3.05, 3.63) is 36.4 Å². The van der Waals surface area contributed by atoms with Crippen molar-refractivity contribution in [1.82, 2.24) is 9.79 Å². The van der Waals surface area contributed by atoms with E-state index in [-0.39, 0.29) is 11.8 Å². The number of ether oxygens (including phenoxy) is 1. The molecule has 2 aromatic rings. The average molecular weight is 391 g/mol. The molecule has 0 heterocycles. The van der Waals surface area contributed by atoms with E-state index in [1.165, 1.54) is 0 Å². The second-order valence-corrected chi connectivity index (χ2v) is 8.58. The fourth-order valence-corrected chi connectivity index (χ4v) is 4.21. The number of methoxy groups -OCH3 is 1. The second kappa shape index (κ2) is 9.97. The van der Waals surface area contributed by atoms with E-state index >= 15 is 0 Å². The summed E-state index contributed by atoms with van der Waals surface area (Å²) in [6.45, 7) is 9.09. The maximum atomic E-state index is 12.3. The third-order valence-corrected chi connectivity index (χ3v) is 5.60. The van der Waals surface area contributed by atoms with E-state index in [1.54, 1.807) is 19.1 Å². The van der Waals surface area contributed by atoms with Gasteiger partial charge in [0.1, 0.15) is 11.8 Å². The van der Waals surface area contributed by atoms with Gasteiger partial charge in [0.05, 0.1) is 7.11 Å². The van der Waals surface area contributed by atoms with E-state index < -0.39 is 6.04 Å². The van der Waals surface area contributed by atoms with Gasteiger partial charge < -0.3 is 4.74 Å². The Morgan fingerprint density at radius 2 is 1.81 bits per heavy atom. The maximum absolute atomic E-state index is 12.3. The molecule has 0 aliphatic rings. The number of benzene rings is 2. The Kier molecular flexibility index (Phi) is 7.95. The van der Waals surface area contributed by atoms with E-state index in [0.29, 0.717) is 5.92 Å². The first-order chi connectivity index (χ1) is 12.8. The highest BCUT2D eigenvalue weighted by atomic mass is 32.2. The van der Waals surface area contributed by atoms with E-state index in [0.717, 1.165) is 34.4 Å². The van der Waals surface area contributed by atoms with E-state index in [1.807, 2.05) is 37.5 Å². The number of amides is 1. The smallest absolute Gasteiger partial charge is 0.261 e. The number of carbonyl (C=O) groups excluding carboxylic acids is 1. The predicted octanol–water partition coefficient (Wildman–Crippen LogP) is 4.73. The summed E-state index contributed by atoms with van der Waals surface area (Å²) in [6, 6.07) is 11.8. The number of hydrogen-bond acceptors (Lipinski definition) is 5. The van der Waals surface area contributed by atoms with E-state index in [9.17, 15) is 10.0 Å². The first kappa shape index (κ1) is 21.5. The third kappa shape index (κ3) is 5.86. The lowest BCUT2D eigenvalue weighted by Crippen LogP contribution is -2.46. The van der Waals surface area contributed by atoms with Gasteiger partial charge in [-0.25, -0.2) is 9.79 Å². The van der Waals surface area contributed by atoms with Crippen LogP contribution >= 0.6 is 11.9 Å². The summed E-state index contributed by atoms with van der Waals surface area (Å²) < 4.78 is 7.37. The number of nitrogens with one attached hydrogen (secondary N) is 1. The average Bonchev–Trinajstić information content (AvgIpc) is 2.65. The Morgan fingerprint density at radius 3 is 2.41 bits per heavy atom. The van der Waals surface area contributed by atoms with Crippen LogP contribution in [-0.2, 0) is 4.79 Å². The molecular formula is C21H30N2O3S. The van der Waals surface area contributed by atoms with Crippen molar-refractivity contribution in [1.29, 1.82) is 0 Å². The van der Waals surface area contributed by atoms with Gasteiger partial charge in [0.15, 0.2) is 0 Å². The SMILES string of the molecule is COc1ccc2cc(SN(CCC(C)C)[C@@H](C(=O)NO)C(C)C)ccc2c1. The van der Waals surface area contributed by atoms with Crippen molar-refractivity contribution < 1.29 is 14.7 Å².